The average Bonchev–Trinajstić information content (AvgIpc) is 2.78. The number of aliphatic hydroxyl groups is 1. The van der Waals surface area contributed by atoms with Crippen molar-refractivity contribution in [3.63, 3.8) is 0 Å². The molecule has 0 aliphatic carbocycles. The molecule has 1 aromatic carbocycles. The van der Waals surface area contributed by atoms with E-state index in [4.69, 9.17) is 10.5 Å². The van der Waals surface area contributed by atoms with Crippen LogP contribution >= 0.6 is 0 Å². The molecule has 5 heteroatoms. The number of carbonyl (C=O) groups is 1. The van der Waals surface area contributed by atoms with E-state index in [-0.39, 0.29) is 12.0 Å². The minimum absolute atomic E-state index is 0.0149. The molecule has 1 heterocycles. The SMILES string of the molecule is Nc1ccccc1OCCC(=O)N1CC[C@@H](O)C1. The Kier molecular flexibility index (Phi) is 4.04. The molecule has 1 atom stereocenters. The lowest BCUT2D eigenvalue weighted by Gasteiger charge is -2.15. The molecule has 1 aromatic rings. The van der Waals surface area contributed by atoms with Crippen molar-refractivity contribution in [2.75, 3.05) is 25.4 Å². The second-order valence-corrected chi connectivity index (χ2v) is 4.42. The summed E-state index contributed by atoms with van der Waals surface area (Å²) >= 11 is 0. The van der Waals surface area contributed by atoms with Crippen molar-refractivity contribution >= 4 is 11.6 Å². The molecular formula is C13H18N2O3. The van der Waals surface area contributed by atoms with Crippen molar-refractivity contribution in [2.24, 2.45) is 0 Å². The fourth-order valence-corrected chi connectivity index (χ4v) is 1.99. The van der Waals surface area contributed by atoms with E-state index in [2.05, 4.69) is 0 Å². The summed E-state index contributed by atoms with van der Waals surface area (Å²) in [5, 5.41) is 9.35. The maximum Gasteiger partial charge on any atom is 0.226 e. The number of β-amino-alcohol motifs (C(OH)–C–C–N with tert-alkyl or cyclic N) is 1. The van der Waals surface area contributed by atoms with Crippen LogP contribution in [0, 0.1) is 0 Å². The number of carbonyl (C=O) groups excluding carboxylic acids is 1. The van der Waals surface area contributed by atoms with Crippen LogP contribution in [0.25, 0.3) is 0 Å². The van der Waals surface area contributed by atoms with Gasteiger partial charge in [-0.25, -0.2) is 0 Å². The van der Waals surface area contributed by atoms with E-state index in [1.54, 1.807) is 17.0 Å². The van der Waals surface area contributed by atoms with E-state index in [9.17, 15) is 9.90 Å². The summed E-state index contributed by atoms with van der Waals surface area (Å²) in [5.74, 6) is 0.618. The van der Waals surface area contributed by atoms with Crippen molar-refractivity contribution in [3.05, 3.63) is 24.3 Å². The zero-order valence-corrected chi connectivity index (χ0v) is 10.2. The number of nitrogens with two attached hydrogens (primary N) is 1. The first-order chi connectivity index (χ1) is 8.66. The number of hydrogen-bond acceptors (Lipinski definition) is 4. The Labute approximate surface area is 106 Å². The Morgan fingerprint density at radius 2 is 2.28 bits per heavy atom. The van der Waals surface area contributed by atoms with Gasteiger partial charge in [0, 0.05) is 13.1 Å². The van der Waals surface area contributed by atoms with Gasteiger partial charge in [0.05, 0.1) is 24.8 Å². The van der Waals surface area contributed by atoms with Crippen molar-refractivity contribution in [2.45, 2.75) is 18.9 Å². The van der Waals surface area contributed by atoms with Gasteiger partial charge in [0.25, 0.3) is 0 Å². The standard InChI is InChI=1S/C13H18N2O3/c14-11-3-1-2-4-12(11)18-8-6-13(17)15-7-5-10(16)9-15/h1-4,10,16H,5-9,14H2/t10-/m1/s1. The van der Waals surface area contributed by atoms with Crippen LogP contribution in [0.2, 0.25) is 0 Å². The summed E-state index contributed by atoms with van der Waals surface area (Å²) in [5.41, 5.74) is 6.30. The Balaban J connectivity index is 1.75. The number of para-hydroxylation sites is 2. The van der Waals surface area contributed by atoms with Crippen LogP contribution in [0.3, 0.4) is 0 Å². The summed E-state index contributed by atoms with van der Waals surface area (Å²) in [7, 11) is 0. The highest BCUT2D eigenvalue weighted by Gasteiger charge is 2.24. The lowest BCUT2D eigenvalue weighted by atomic mass is 10.3. The maximum absolute atomic E-state index is 11.8. The third-order valence-corrected chi connectivity index (χ3v) is 3.01. The van der Waals surface area contributed by atoms with Crippen LogP contribution in [0.5, 0.6) is 5.75 Å². The van der Waals surface area contributed by atoms with Crippen molar-refractivity contribution in [3.8, 4) is 5.75 Å². The highest BCUT2D eigenvalue weighted by atomic mass is 16.5. The molecule has 0 aromatic heterocycles. The average molecular weight is 250 g/mol. The van der Waals surface area contributed by atoms with Gasteiger partial charge < -0.3 is 20.5 Å². The molecule has 98 valence electrons. The lowest BCUT2D eigenvalue weighted by Crippen LogP contribution is -2.30. The van der Waals surface area contributed by atoms with Crippen LogP contribution in [0.4, 0.5) is 5.69 Å². The van der Waals surface area contributed by atoms with Gasteiger partial charge in [0.15, 0.2) is 0 Å². The normalized spacial score (nSPS) is 18.9. The fourth-order valence-electron chi connectivity index (χ4n) is 1.99. The molecule has 18 heavy (non-hydrogen) atoms. The molecule has 1 aliphatic heterocycles. The minimum Gasteiger partial charge on any atom is -0.491 e. The van der Waals surface area contributed by atoms with Crippen LogP contribution < -0.4 is 10.5 Å². The van der Waals surface area contributed by atoms with Crippen LogP contribution in [0.1, 0.15) is 12.8 Å². The molecule has 0 bridgehead atoms. The van der Waals surface area contributed by atoms with Gasteiger partial charge in [0.1, 0.15) is 5.75 Å². The molecule has 1 amide bonds. The number of nitrogens with zero attached hydrogens (tertiary/aromatic N) is 1. The molecule has 1 aliphatic rings. The molecule has 0 unspecified atom stereocenters. The minimum atomic E-state index is -0.375. The summed E-state index contributed by atoms with van der Waals surface area (Å²) < 4.78 is 5.46. The van der Waals surface area contributed by atoms with Crippen molar-refractivity contribution in [1.29, 1.82) is 0 Å². The number of likely N-dealkylation sites (tertiary alicyclic amines) is 1. The van der Waals surface area contributed by atoms with E-state index in [1.165, 1.54) is 0 Å². The van der Waals surface area contributed by atoms with Crippen LogP contribution in [-0.4, -0.2) is 41.7 Å². The Bertz CT molecular complexity index is 422. The molecule has 5 nitrogen and oxygen atoms in total. The van der Waals surface area contributed by atoms with E-state index in [0.717, 1.165) is 0 Å². The second kappa shape index (κ2) is 5.73. The number of benzene rings is 1. The molecule has 3 N–H and O–H groups in total. The smallest absolute Gasteiger partial charge is 0.226 e. The van der Waals surface area contributed by atoms with Crippen LogP contribution in [0.15, 0.2) is 24.3 Å². The highest BCUT2D eigenvalue weighted by molar-refractivity contribution is 5.76. The molecular weight excluding hydrogens is 232 g/mol. The predicted octanol–water partition coefficient (Wildman–Crippen LogP) is 0.631. The van der Waals surface area contributed by atoms with Crippen molar-refractivity contribution < 1.29 is 14.6 Å². The number of amides is 1. The largest absolute Gasteiger partial charge is 0.491 e. The van der Waals surface area contributed by atoms with Gasteiger partial charge in [-0.3, -0.25) is 4.79 Å². The van der Waals surface area contributed by atoms with E-state index in [0.29, 0.717) is 44.0 Å². The monoisotopic (exact) mass is 250 g/mol. The summed E-state index contributed by atoms with van der Waals surface area (Å²) in [6, 6.07) is 7.21. The topological polar surface area (TPSA) is 75.8 Å². The highest BCUT2D eigenvalue weighted by Crippen LogP contribution is 2.20. The van der Waals surface area contributed by atoms with E-state index >= 15 is 0 Å². The molecule has 1 fully saturated rings. The van der Waals surface area contributed by atoms with Crippen molar-refractivity contribution in [1.82, 2.24) is 4.90 Å². The van der Waals surface area contributed by atoms with Gasteiger partial charge in [-0.2, -0.15) is 0 Å². The molecule has 2 rings (SSSR count). The van der Waals surface area contributed by atoms with E-state index < -0.39 is 0 Å². The first-order valence-corrected chi connectivity index (χ1v) is 6.10. The number of rotatable bonds is 4. The van der Waals surface area contributed by atoms with Gasteiger partial charge >= 0.3 is 0 Å². The third kappa shape index (κ3) is 3.13. The van der Waals surface area contributed by atoms with Gasteiger partial charge in [0.2, 0.25) is 5.91 Å². The Morgan fingerprint density at radius 3 is 2.94 bits per heavy atom. The van der Waals surface area contributed by atoms with Gasteiger partial charge in [-0.1, -0.05) is 12.1 Å². The second-order valence-electron chi connectivity index (χ2n) is 4.42. The number of anilines is 1. The molecule has 1 saturated heterocycles. The lowest BCUT2D eigenvalue weighted by molar-refractivity contribution is -0.131. The number of nitrogen functional groups attached to an aromatic ring is 1. The number of hydrogen-bond donors (Lipinski definition) is 2. The fraction of sp³-hybridized carbons (Fsp3) is 0.462. The zero-order chi connectivity index (χ0) is 13.0. The number of aliphatic hydroxyl groups excluding tert-OH is 1. The van der Waals surface area contributed by atoms with Gasteiger partial charge in [-0.15, -0.1) is 0 Å². The third-order valence-electron chi connectivity index (χ3n) is 3.01. The van der Waals surface area contributed by atoms with Gasteiger partial charge in [-0.05, 0) is 18.6 Å². The number of ether oxygens (including phenoxy) is 1. The maximum atomic E-state index is 11.8. The van der Waals surface area contributed by atoms with E-state index in [1.807, 2.05) is 12.1 Å². The molecule has 0 saturated carbocycles. The van der Waals surface area contributed by atoms with Crippen LogP contribution in [-0.2, 0) is 4.79 Å². The predicted molar refractivity (Wildman–Crippen MR) is 68.2 cm³/mol. The quantitative estimate of drug-likeness (QED) is 0.769. The Morgan fingerprint density at radius 1 is 1.50 bits per heavy atom. The zero-order valence-electron chi connectivity index (χ0n) is 10.2. The molecule has 0 spiro atoms. The summed E-state index contributed by atoms with van der Waals surface area (Å²) in [6.45, 7) is 1.37. The molecule has 0 radical (unpaired) electrons. The first-order valence-electron chi connectivity index (χ1n) is 6.10. The first kappa shape index (κ1) is 12.7. The Hall–Kier alpha value is -1.75. The summed E-state index contributed by atoms with van der Waals surface area (Å²) in [6.07, 6.45) is 0.596. The summed E-state index contributed by atoms with van der Waals surface area (Å²) in [4.78, 5) is 13.4.